The van der Waals surface area contributed by atoms with E-state index in [0.29, 0.717) is 23.1 Å². The minimum atomic E-state index is -0.582. The second kappa shape index (κ2) is 10.1. The van der Waals surface area contributed by atoms with E-state index in [2.05, 4.69) is 5.32 Å². The Bertz CT molecular complexity index is 648. The second-order valence-corrected chi connectivity index (χ2v) is 6.00. The van der Waals surface area contributed by atoms with E-state index in [1.807, 2.05) is 18.2 Å². The molecule has 0 amide bonds. The predicted molar refractivity (Wildman–Crippen MR) is 99.1 cm³/mol. The van der Waals surface area contributed by atoms with Crippen molar-refractivity contribution in [2.45, 2.75) is 12.5 Å². The molecule has 0 saturated carbocycles. The zero-order chi connectivity index (χ0) is 18.1. The first-order valence-corrected chi connectivity index (χ1v) is 8.48. The van der Waals surface area contributed by atoms with E-state index >= 15 is 0 Å². The highest BCUT2D eigenvalue weighted by Gasteiger charge is 2.07. The Kier molecular flexibility index (Phi) is 7.85. The molecule has 1 atom stereocenters. The minimum Gasteiger partial charge on any atom is -0.493 e. The molecular weight excluding hydrogens is 342 g/mol. The summed E-state index contributed by atoms with van der Waals surface area (Å²) in [7, 11) is 3.24. The van der Waals surface area contributed by atoms with Gasteiger partial charge in [-0.3, -0.25) is 0 Å². The van der Waals surface area contributed by atoms with Crippen LogP contribution >= 0.6 is 11.6 Å². The van der Waals surface area contributed by atoms with Crippen molar-refractivity contribution < 1.29 is 19.3 Å². The number of methoxy groups -OCH3 is 2. The van der Waals surface area contributed by atoms with Crippen LogP contribution in [0.1, 0.15) is 5.56 Å². The fourth-order valence-corrected chi connectivity index (χ4v) is 2.45. The van der Waals surface area contributed by atoms with E-state index in [-0.39, 0.29) is 6.61 Å². The van der Waals surface area contributed by atoms with Crippen LogP contribution < -0.4 is 19.5 Å². The van der Waals surface area contributed by atoms with Crippen molar-refractivity contribution in [1.82, 2.24) is 5.32 Å². The molecule has 0 heterocycles. The highest BCUT2D eigenvalue weighted by molar-refractivity contribution is 6.30. The number of halogens is 1. The van der Waals surface area contributed by atoms with E-state index in [9.17, 15) is 5.11 Å². The molecule has 0 saturated heterocycles. The summed E-state index contributed by atoms with van der Waals surface area (Å²) in [6.45, 7) is 1.43. The van der Waals surface area contributed by atoms with Gasteiger partial charge in [-0.1, -0.05) is 17.7 Å². The number of nitrogens with one attached hydrogen (secondary N) is 1. The number of benzene rings is 2. The summed E-state index contributed by atoms with van der Waals surface area (Å²) >= 11 is 5.82. The SMILES string of the molecule is COc1ccc(CCNC[C@@H](O)COc2ccc(Cl)cc2)cc1OC. The Morgan fingerprint density at radius 1 is 1.04 bits per heavy atom. The van der Waals surface area contributed by atoms with Gasteiger partial charge in [0.25, 0.3) is 0 Å². The molecule has 0 spiro atoms. The van der Waals surface area contributed by atoms with Crippen LogP contribution in [-0.2, 0) is 6.42 Å². The van der Waals surface area contributed by atoms with Gasteiger partial charge in [-0.05, 0) is 54.9 Å². The topological polar surface area (TPSA) is 60.0 Å². The first-order chi connectivity index (χ1) is 12.1. The first kappa shape index (κ1) is 19.4. The monoisotopic (exact) mass is 365 g/mol. The van der Waals surface area contributed by atoms with E-state index in [0.717, 1.165) is 24.3 Å². The number of rotatable bonds is 10. The zero-order valence-electron chi connectivity index (χ0n) is 14.5. The maximum Gasteiger partial charge on any atom is 0.160 e. The van der Waals surface area contributed by atoms with Gasteiger partial charge in [0.05, 0.1) is 14.2 Å². The third kappa shape index (κ3) is 6.46. The van der Waals surface area contributed by atoms with Gasteiger partial charge in [-0.15, -0.1) is 0 Å². The van der Waals surface area contributed by atoms with Gasteiger partial charge < -0.3 is 24.6 Å². The van der Waals surface area contributed by atoms with Crippen molar-refractivity contribution in [2.75, 3.05) is 33.9 Å². The Morgan fingerprint density at radius 3 is 2.44 bits per heavy atom. The van der Waals surface area contributed by atoms with Crippen LogP contribution in [0.3, 0.4) is 0 Å². The highest BCUT2D eigenvalue weighted by atomic mass is 35.5. The quantitative estimate of drug-likeness (QED) is 0.634. The molecule has 0 bridgehead atoms. The van der Waals surface area contributed by atoms with Crippen molar-refractivity contribution in [3.05, 3.63) is 53.1 Å². The third-order valence-corrected chi connectivity index (χ3v) is 3.93. The third-order valence-electron chi connectivity index (χ3n) is 3.67. The molecule has 2 rings (SSSR count). The van der Waals surface area contributed by atoms with Crippen molar-refractivity contribution in [1.29, 1.82) is 0 Å². The predicted octanol–water partition coefficient (Wildman–Crippen LogP) is 2.93. The Hall–Kier alpha value is -1.95. The van der Waals surface area contributed by atoms with Crippen LogP contribution in [0.25, 0.3) is 0 Å². The molecule has 0 aliphatic carbocycles. The number of ether oxygens (including phenoxy) is 3. The maximum absolute atomic E-state index is 9.96. The smallest absolute Gasteiger partial charge is 0.160 e. The first-order valence-electron chi connectivity index (χ1n) is 8.10. The second-order valence-electron chi connectivity index (χ2n) is 5.56. The molecule has 25 heavy (non-hydrogen) atoms. The average molecular weight is 366 g/mol. The molecule has 0 radical (unpaired) electrons. The Morgan fingerprint density at radius 2 is 1.76 bits per heavy atom. The molecule has 0 aliphatic heterocycles. The lowest BCUT2D eigenvalue weighted by atomic mass is 10.1. The summed E-state index contributed by atoms with van der Waals surface area (Å²) in [6.07, 6.45) is 0.242. The minimum absolute atomic E-state index is 0.227. The van der Waals surface area contributed by atoms with Gasteiger partial charge in [0.15, 0.2) is 11.5 Å². The van der Waals surface area contributed by atoms with E-state index in [1.165, 1.54) is 0 Å². The van der Waals surface area contributed by atoms with Gasteiger partial charge in [-0.2, -0.15) is 0 Å². The number of hydrogen-bond donors (Lipinski definition) is 2. The summed E-state index contributed by atoms with van der Waals surface area (Å²) in [6, 6.07) is 12.9. The molecule has 0 unspecified atom stereocenters. The Labute approximate surface area is 153 Å². The van der Waals surface area contributed by atoms with Gasteiger partial charge >= 0.3 is 0 Å². The number of aliphatic hydroxyl groups is 1. The van der Waals surface area contributed by atoms with E-state index in [1.54, 1.807) is 38.5 Å². The standard InChI is InChI=1S/C19H24ClNO4/c1-23-18-8-3-14(11-19(18)24-2)9-10-21-12-16(22)13-25-17-6-4-15(20)5-7-17/h3-8,11,16,21-22H,9-10,12-13H2,1-2H3/t16-/m1/s1. The van der Waals surface area contributed by atoms with Gasteiger partial charge in [0, 0.05) is 11.6 Å². The van der Waals surface area contributed by atoms with Crippen LogP contribution in [0.5, 0.6) is 17.2 Å². The van der Waals surface area contributed by atoms with Crippen LogP contribution in [0.2, 0.25) is 5.02 Å². The fourth-order valence-electron chi connectivity index (χ4n) is 2.32. The van der Waals surface area contributed by atoms with Crippen molar-refractivity contribution >= 4 is 11.6 Å². The largest absolute Gasteiger partial charge is 0.493 e. The lowest BCUT2D eigenvalue weighted by Crippen LogP contribution is -2.32. The fraction of sp³-hybridized carbons (Fsp3) is 0.368. The number of aliphatic hydroxyl groups excluding tert-OH is 1. The van der Waals surface area contributed by atoms with Gasteiger partial charge in [0.2, 0.25) is 0 Å². The summed E-state index contributed by atoms with van der Waals surface area (Å²) in [5.41, 5.74) is 1.14. The highest BCUT2D eigenvalue weighted by Crippen LogP contribution is 2.27. The average Bonchev–Trinajstić information content (AvgIpc) is 2.64. The van der Waals surface area contributed by atoms with Gasteiger partial charge in [-0.25, -0.2) is 0 Å². The van der Waals surface area contributed by atoms with Crippen molar-refractivity contribution in [3.8, 4) is 17.2 Å². The van der Waals surface area contributed by atoms with Crippen LogP contribution in [0.4, 0.5) is 0 Å². The molecule has 6 heteroatoms. The van der Waals surface area contributed by atoms with Gasteiger partial charge in [0.1, 0.15) is 18.5 Å². The summed E-state index contributed by atoms with van der Waals surface area (Å²) < 4.78 is 16.0. The van der Waals surface area contributed by atoms with Crippen molar-refractivity contribution in [3.63, 3.8) is 0 Å². The zero-order valence-corrected chi connectivity index (χ0v) is 15.3. The normalized spacial score (nSPS) is 11.8. The molecule has 0 fully saturated rings. The molecule has 0 aromatic heterocycles. The van der Waals surface area contributed by atoms with Crippen molar-refractivity contribution in [2.24, 2.45) is 0 Å². The summed E-state index contributed by atoms with van der Waals surface area (Å²) in [5, 5.41) is 13.8. The molecule has 2 N–H and O–H groups in total. The van der Waals surface area contributed by atoms with E-state index in [4.69, 9.17) is 25.8 Å². The Balaban J connectivity index is 1.67. The molecule has 5 nitrogen and oxygen atoms in total. The summed E-state index contributed by atoms with van der Waals surface area (Å²) in [4.78, 5) is 0. The number of hydrogen-bond acceptors (Lipinski definition) is 5. The van der Waals surface area contributed by atoms with Crippen LogP contribution in [0.15, 0.2) is 42.5 Å². The van der Waals surface area contributed by atoms with E-state index < -0.39 is 6.10 Å². The maximum atomic E-state index is 9.96. The van der Waals surface area contributed by atoms with Crippen LogP contribution in [0, 0.1) is 0 Å². The molecular formula is C19H24ClNO4. The lowest BCUT2D eigenvalue weighted by molar-refractivity contribution is 0.106. The summed E-state index contributed by atoms with van der Waals surface area (Å²) in [5.74, 6) is 2.12. The molecule has 2 aromatic rings. The molecule has 2 aromatic carbocycles. The molecule has 0 aliphatic rings. The lowest BCUT2D eigenvalue weighted by Gasteiger charge is -2.14. The van der Waals surface area contributed by atoms with Crippen LogP contribution in [-0.4, -0.2) is 45.1 Å². The molecule has 136 valence electrons.